The highest BCUT2D eigenvalue weighted by molar-refractivity contribution is 5.90. The van der Waals surface area contributed by atoms with Crippen LogP contribution in [0.2, 0.25) is 0 Å². The molecule has 1 heterocycles. The third-order valence-electron chi connectivity index (χ3n) is 2.21. The molecule has 5 nitrogen and oxygen atoms in total. The molecule has 1 aromatic heterocycles. The summed E-state index contributed by atoms with van der Waals surface area (Å²) < 4.78 is 18.0. The van der Waals surface area contributed by atoms with E-state index in [2.05, 4.69) is 10.3 Å². The van der Waals surface area contributed by atoms with Gasteiger partial charge in [-0.25, -0.2) is 4.98 Å². The van der Waals surface area contributed by atoms with Crippen LogP contribution >= 0.6 is 0 Å². The molecule has 0 radical (unpaired) electrons. The fourth-order valence-corrected chi connectivity index (χ4v) is 1.41. The predicted molar refractivity (Wildman–Crippen MR) is 69.2 cm³/mol. The second kappa shape index (κ2) is 5.81. The van der Waals surface area contributed by atoms with Crippen molar-refractivity contribution in [2.45, 2.75) is 0 Å². The Bertz CT molecular complexity index is 590. The van der Waals surface area contributed by atoms with Crippen LogP contribution in [0.3, 0.4) is 0 Å². The highest BCUT2D eigenvalue weighted by Gasteiger charge is 2.05. The minimum absolute atomic E-state index is 0.140. The monoisotopic (exact) mass is 261 g/mol. The molecule has 0 aliphatic carbocycles. The summed E-state index contributed by atoms with van der Waals surface area (Å²) in [5.41, 5.74) is 6.12. The molecule has 0 fully saturated rings. The number of halogens is 1. The molecule has 0 bridgehead atoms. The molecule has 0 atom stereocenters. The number of ether oxygens (including phenoxy) is 1. The standard InChI is InChI=1S/C13H12FN3O2/c14-11-5-2-6-12(16-11)17-13(18)8-19-10-4-1-3-9(15)7-10/h1-7H,8,15H2,(H,16,17,18). The second-order valence-electron chi connectivity index (χ2n) is 3.75. The first-order valence-corrected chi connectivity index (χ1v) is 5.54. The lowest BCUT2D eigenvalue weighted by molar-refractivity contribution is -0.118. The van der Waals surface area contributed by atoms with Gasteiger partial charge in [0, 0.05) is 11.8 Å². The SMILES string of the molecule is Nc1cccc(OCC(=O)Nc2cccc(F)n2)c1. The Balaban J connectivity index is 1.88. The molecule has 3 N–H and O–H groups in total. The number of pyridine rings is 1. The summed E-state index contributed by atoms with van der Waals surface area (Å²) in [5, 5.41) is 2.42. The number of rotatable bonds is 4. The first-order chi connectivity index (χ1) is 9.13. The van der Waals surface area contributed by atoms with Gasteiger partial charge in [-0.1, -0.05) is 12.1 Å². The number of nitrogen functional groups attached to an aromatic ring is 1. The smallest absolute Gasteiger partial charge is 0.263 e. The molecule has 2 aromatic rings. The number of amides is 1. The van der Waals surface area contributed by atoms with Crippen molar-refractivity contribution in [3.05, 3.63) is 48.4 Å². The van der Waals surface area contributed by atoms with E-state index in [1.165, 1.54) is 18.2 Å². The van der Waals surface area contributed by atoms with Crippen molar-refractivity contribution >= 4 is 17.4 Å². The van der Waals surface area contributed by atoms with E-state index in [0.717, 1.165) is 0 Å². The molecular weight excluding hydrogens is 249 g/mol. The zero-order chi connectivity index (χ0) is 13.7. The normalized spacial score (nSPS) is 9.95. The van der Waals surface area contributed by atoms with Crippen molar-refractivity contribution in [1.29, 1.82) is 0 Å². The van der Waals surface area contributed by atoms with E-state index in [4.69, 9.17) is 10.5 Å². The van der Waals surface area contributed by atoms with Crippen molar-refractivity contribution in [2.75, 3.05) is 17.7 Å². The Morgan fingerprint density at radius 1 is 1.32 bits per heavy atom. The van der Waals surface area contributed by atoms with Gasteiger partial charge in [0.15, 0.2) is 6.61 Å². The van der Waals surface area contributed by atoms with Crippen molar-refractivity contribution in [3.8, 4) is 5.75 Å². The van der Waals surface area contributed by atoms with E-state index in [-0.39, 0.29) is 12.4 Å². The predicted octanol–water partition coefficient (Wildman–Crippen LogP) is 1.82. The van der Waals surface area contributed by atoms with Crippen molar-refractivity contribution in [1.82, 2.24) is 4.98 Å². The summed E-state index contributed by atoms with van der Waals surface area (Å²) in [5.74, 6) is -0.460. The maximum Gasteiger partial charge on any atom is 0.263 e. The fraction of sp³-hybridized carbons (Fsp3) is 0.0769. The summed E-state index contributed by atoms with van der Waals surface area (Å²) in [6.07, 6.45) is 0. The number of carbonyl (C=O) groups is 1. The number of hydrogen-bond acceptors (Lipinski definition) is 4. The first kappa shape index (κ1) is 12.8. The van der Waals surface area contributed by atoms with Gasteiger partial charge in [-0.3, -0.25) is 4.79 Å². The summed E-state index contributed by atoms with van der Waals surface area (Å²) >= 11 is 0. The maximum atomic E-state index is 12.8. The lowest BCUT2D eigenvalue weighted by Gasteiger charge is -2.07. The van der Waals surface area contributed by atoms with Gasteiger partial charge in [-0.15, -0.1) is 0 Å². The van der Waals surface area contributed by atoms with Crippen LogP contribution in [0.1, 0.15) is 0 Å². The van der Waals surface area contributed by atoms with Crippen LogP contribution < -0.4 is 15.8 Å². The molecule has 98 valence electrons. The van der Waals surface area contributed by atoms with E-state index in [9.17, 15) is 9.18 Å². The Morgan fingerprint density at radius 3 is 2.84 bits per heavy atom. The average Bonchev–Trinajstić information content (AvgIpc) is 2.36. The van der Waals surface area contributed by atoms with E-state index in [1.54, 1.807) is 24.3 Å². The molecule has 2 rings (SSSR count). The van der Waals surface area contributed by atoms with Gasteiger partial charge in [-0.2, -0.15) is 4.39 Å². The molecule has 0 unspecified atom stereocenters. The lowest BCUT2D eigenvalue weighted by Crippen LogP contribution is -2.20. The number of anilines is 2. The number of nitrogens with one attached hydrogen (secondary N) is 1. The van der Waals surface area contributed by atoms with Crippen LogP contribution in [0.5, 0.6) is 5.75 Å². The minimum Gasteiger partial charge on any atom is -0.484 e. The van der Waals surface area contributed by atoms with Crippen LogP contribution in [-0.2, 0) is 4.79 Å². The number of nitrogens with two attached hydrogens (primary N) is 1. The quantitative estimate of drug-likeness (QED) is 0.650. The van der Waals surface area contributed by atoms with Crippen LogP contribution in [0.4, 0.5) is 15.9 Å². The van der Waals surface area contributed by atoms with Gasteiger partial charge < -0.3 is 15.8 Å². The van der Waals surface area contributed by atoms with Gasteiger partial charge in [0.25, 0.3) is 5.91 Å². The number of aromatic nitrogens is 1. The van der Waals surface area contributed by atoms with Gasteiger partial charge in [-0.05, 0) is 24.3 Å². The lowest BCUT2D eigenvalue weighted by atomic mass is 10.3. The third kappa shape index (κ3) is 3.95. The maximum absolute atomic E-state index is 12.8. The topological polar surface area (TPSA) is 77.2 Å². The highest BCUT2D eigenvalue weighted by atomic mass is 19.1. The second-order valence-corrected chi connectivity index (χ2v) is 3.75. The third-order valence-corrected chi connectivity index (χ3v) is 2.21. The Labute approximate surface area is 109 Å². The molecule has 6 heteroatoms. The molecule has 0 aliphatic heterocycles. The van der Waals surface area contributed by atoms with Crippen molar-refractivity contribution in [2.24, 2.45) is 0 Å². The molecule has 1 aromatic carbocycles. The Morgan fingerprint density at radius 2 is 2.11 bits per heavy atom. The molecular formula is C13H12FN3O2. The summed E-state index contributed by atoms with van der Waals surface area (Å²) in [7, 11) is 0. The summed E-state index contributed by atoms with van der Waals surface area (Å²) in [6, 6.07) is 10.9. The minimum atomic E-state index is -0.658. The average molecular weight is 261 g/mol. The van der Waals surface area contributed by atoms with Crippen molar-refractivity contribution < 1.29 is 13.9 Å². The zero-order valence-electron chi connectivity index (χ0n) is 9.97. The molecule has 0 aliphatic rings. The first-order valence-electron chi connectivity index (χ1n) is 5.54. The largest absolute Gasteiger partial charge is 0.484 e. The van der Waals surface area contributed by atoms with E-state index >= 15 is 0 Å². The Kier molecular flexibility index (Phi) is 3.92. The number of hydrogen-bond donors (Lipinski definition) is 2. The number of benzene rings is 1. The van der Waals surface area contributed by atoms with E-state index in [1.807, 2.05) is 0 Å². The van der Waals surface area contributed by atoms with Crippen LogP contribution in [0.15, 0.2) is 42.5 Å². The van der Waals surface area contributed by atoms with Crippen LogP contribution in [0, 0.1) is 5.95 Å². The number of nitrogens with zero attached hydrogens (tertiary/aromatic N) is 1. The molecule has 1 amide bonds. The zero-order valence-corrected chi connectivity index (χ0v) is 9.97. The summed E-state index contributed by atoms with van der Waals surface area (Å²) in [4.78, 5) is 15.1. The molecule has 0 saturated carbocycles. The Hall–Kier alpha value is -2.63. The van der Waals surface area contributed by atoms with Gasteiger partial charge >= 0.3 is 0 Å². The molecule has 0 spiro atoms. The van der Waals surface area contributed by atoms with Crippen molar-refractivity contribution in [3.63, 3.8) is 0 Å². The molecule has 0 saturated heterocycles. The van der Waals surface area contributed by atoms with Gasteiger partial charge in [0.2, 0.25) is 5.95 Å². The van der Waals surface area contributed by atoms with E-state index in [0.29, 0.717) is 11.4 Å². The van der Waals surface area contributed by atoms with E-state index < -0.39 is 11.9 Å². The fourth-order valence-electron chi connectivity index (χ4n) is 1.41. The van der Waals surface area contributed by atoms with Gasteiger partial charge in [0.1, 0.15) is 11.6 Å². The van der Waals surface area contributed by atoms with Crippen LogP contribution in [0.25, 0.3) is 0 Å². The highest BCUT2D eigenvalue weighted by Crippen LogP contribution is 2.14. The number of carbonyl (C=O) groups excluding carboxylic acids is 1. The van der Waals surface area contributed by atoms with Crippen LogP contribution in [-0.4, -0.2) is 17.5 Å². The molecule has 19 heavy (non-hydrogen) atoms. The summed E-state index contributed by atoms with van der Waals surface area (Å²) in [6.45, 7) is -0.207. The van der Waals surface area contributed by atoms with Gasteiger partial charge in [0.05, 0.1) is 0 Å².